The minimum atomic E-state index is 1.04. The van der Waals surface area contributed by atoms with E-state index in [1.807, 2.05) is 0 Å². The molecule has 1 aliphatic heterocycles. The molecular weight excluding hydrogens is 330 g/mol. The molecule has 0 spiro atoms. The van der Waals surface area contributed by atoms with Crippen LogP contribution in [0.5, 0.6) is 0 Å². The Morgan fingerprint density at radius 1 is 0.963 bits per heavy atom. The third-order valence-electron chi connectivity index (χ3n) is 5.43. The number of fused-ring (bicyclic) bond motifs is 1. The van der Waals surface area contributed by atoms with Gasteiger partial charge in [-0.3, -0.25) is 0 Å². The fourth-order valence-corrected chi connectivity index (χ4v) is 3.77. The molecule has 1 aromatic heterocycles. The third-order valence-corrected chi connectivity index (χ3v) is 5.43. The van der Waals surface area contributed by atoms with Gasteiger partial charge in [0.2, 0.25) is 0 Å². The molecule has 3 aromatic rings. The van der Waals surface area contributed by atoms with Crippen molar-refractivity contribution in [3.8, 4) is 0 Å². The largest absolute Gasteiger partial charge is 0.354 e. The van der Waals surface area contributed by atoms with Crippen LogP contribution >= 0.6 is 0 Å². The van der Waals surface area contributed by atoms with E-state index in [4.69, 9.17) is 4.98 Å². The average Bonchev–Trinajstić information content (AvgIpc) is 2.73. The maximum Gasteiger partial charge on any atom is 0.137 e. The second kappa shape index (κ2) is 7.93. The molecule has 0 amide bonds. The molecule has 3 nitrogen and oxygen atoms in total. The van der Waals surface area contributed by atoms with E-state index in [1.165, 1.54) is 21.9 Å². The number of pyridine rings is 1. The molecule has 0 N–H and O–H groups in total. The SMILES string of the molecule is CCN1CCN(c2nc(C(C)=Cc3ccccc3)cc3ccccc23)CC1. The molecule has 0 atom stereocenters. The summed E-state index contributed by atoms with van der Waals surface area (Å²) in [6, 6.07) is 21.3. The number of benzene rings is 2. The van der Waals surface area contributed by atoms with Gasteiger partial charge in [-0.05, 0) is 42.1 Å². The highest BCUT2D eigenvalue weighted by Crippen LogP contribution is 2.29. The number of anilines is 1. The van der Waals surface area contributed by atoms with Crippen molar-refractivity contribution in [2.24, 2.45) is 0 Å². The smallest absolute Gasteiger partial charge is 0.137 e. The number of hydrogen-bond donors (Lipinski definition) is 0. The average molecular weight is 358 g/mol. The van der Waals surface area contributed by atoms with Gasteiger partial charge in [-0.15, -0.1) is 0 Å². The maximum atomic E-state index is 5.11. The van der Waals surface area contributed by atoms with Crippen LogP contribution in [0, 0.1) is 0 Å². The maximum absolute atomic E-state index is 5.11. The van der Waals surface area contributed by atoms with Crippen molar-refractivity contribution in [1.29, 1.82) is 0 Å². The summed E-state index contributed by atoms with van der Waals surface area (Å²) >= 11 is 0. The van der Waals surface area contributed by atoms with Crippen LogP contribution in [-0.4, -0.2) is 42.6 Å². The van der Waals surface area contributed by atoms with Gasteiger partial charge in [0.25, 0.3) is 0 Å². The van der Waals surface area contributed by atoms with Gasteiger partial charge >= 0.3 is 0 Å². The van der Waals surface area contributed by atoms with Crippen molar-refractivity contribution >= 4 is 28.2 Å². The first-order valence-electron chi connectivity index (χ1n) is 9.85. The highest BCUT2D eigenvalue weighted by Gasteiger charge is 2.19. The zero-order valence-electron chi connectivity index (χ0n) is 16.2. The van der Waals surface area contributed by atoms with Crippen molar-refractivity contribution in [3.63, 3.8) is 0 Å². The third kappa shape index (κ3) is 3.88. The Balaban J connectivity index is 1.74. The Kier molecular flexibility index (Phi) is 5.21. The first-order valence-corrected chi connectivity index (χ1v) is 9.85. The summed E-state index contributed by atoms with van der Waals surface area (Å²) in [4.78, 5) is 10.1. The van der Waals surface area contributed by atoms with Crippen LogP contribution in [0.4, 0.5) is 5.82 Å². The molecule has 4 rings (SSSR count). The van der Waals surface area contributed by atoms with E-state index in [2.05, 4.69) is 90.4 Å². The highest BCUT2D eigenvalue weighted by molar-refractivity contribution is 5.95. The summed E-state index contributed by atoms with van der Waals surface area (Å²) in [5.74, 6) is 1.12. The molecule has 0 bridgehead atoms. The Labute approximate surface area is 161 Å². The number of allylic oxidation sites excluding steroid dienone is 1. The van der Waals surface area contributed by atoms with Gasteiger partial charge in [0.15, 0.2) is 0 Å². The summed E-state index contributed by atoms with van der Waals surface area (Å²) < 4.78 is 0. The molecule has 0 radical (unpaired) electrons. The molecular formula is C24H27N3. The number of hydrogen-bond acceptors (Lipinski definition) is 3. The summed E-state index contributed by atoms with van der Waals surface area (Å²) in [5.41, 5.74) is 3.47. The fraction of sp³-hybridized carbons (Fsp3) is 0.292. The Morgan fingerprint density at radius 3 is 2.41 bits per heavy atom. The van der Waals surface area contributed by atoms with Crippen molar-refractivity contribution in [1.82, 2.24) is 9.88 Å². The first-order chi connectivity index (χ1) is 13.2. The number of rotatable bonds is 4. The van der Waals surface area contributed by atoms with Crippen molar-refractivity contribution < 1.29 is 0 Å². The minimum Gasteiger partial charge on any atom is -0.354 e. The Morgan fingerprint density at radius 2 is 1.67 bits per heavy atom. The van der Waals surface area contributed by atoms with Crippen LogP contribution in [0.15, 0.2) is 60.7 Å². The normalized spacial score (nSPS) is 16.1. The lowest BCUT2D eigenvalue weighted by molar-refractivity contribution is 0.271. The van der Waals surface area contributed by atoms with Gasteiger partial charge in [-0.2, -0.15) is 0 Å². The van der Waals surface area contributed by atoms with Gasteiger partial charge in [0.05, 0.1) is 5.69 Å². The van der Waals surface area contributed by atoms with E-state index >= 15 is 0 Å². The van der Waals surface area contributed by atoms with Gasteiger partial charge in [0.1, 0.15) is 5.82 Å². The van der Waals surface area contributed by atoms with Crippen molar-refractivity contribution in [3.05, 3.63) is 71.9 Å². The predicted molar refractivity (Wildman–Crippen MR) is 116 cm³/mol. The van der Waals surface area contributed by atoms with Crippen LogP contribution in [0.3, 0.4) is 0 Å². The molecule has 138 valence electrons. The number of aromatic nitrogens is 1. The highest BCUT2D eigenvalue weighted by atomic mass is 15.3. The minimum absolute atomic E-state index is 1.04. The van der Waals surface area contributed by atoms with E-state index in [0.717, 1.165) is 44.2 Å². The molecule has 1 saturated heterocycles. The second-order valence-electron chi connectivity index (χ2n) is 7.21. The zero-order chi connectivity index (χ0) is 18.6. The van der Waals surface area contributed by atoms with E-state index in [0.29, 0.717) is 0 Å². The number of piperazine rings is 1. The molecule has 27 heavy (non-hydrogen) atoms. The predicted octanol–water partition coefficient (Wildman–Crippen LogP) is 4.94. The first kappa shape index (κ1) is 17.7. The second-order valence-corrected chi connectivity index (χ2v) is 7.21. The summed E-state index contributed by atoms with van der Waals surface area (Å²) in [6.45, 7) is 9.81. The van der Waals surface area contributed by atoms with Crippen LogP contribution in [0.2, 0.25) is 0 Å². The molecule has 1 fully saturated rings. The Bertz CT molecular complexity index is 938. The van der Waals surface area contributed by atoms with Gasteiger partial charge in [0, 0.05) is 31.6 Å². The zero-order valence-corrected chi connectivity index (χ0v) is 16.2. The van der Waals surface area contributed by atoms with E-state index < -0.39 is 0 Å². The number of likely N-dealkylation sites (N-methyl/N-ethyl adjacent to an activating group) is 1. The lowest BCUT2D eigenvalue weighted by Crippen LogP contribution is -2.46. The molecule has 0 unspecified atom stereocenters. The summed E-state index contributed by atoms with van der Waals surface area (Å²) in [7, 11) is 0. The van der Waals surface area contributed by atoms with Crippen molar-refractivity contribution in [2.75, 3.05) is 37.6 Å². The lowest BCUT2D eigenvalue weighted by Gasteiger charge is -2.35. The summed E-state index contributed by atoms with van der Waals surface area (Å²) in [6.07, 6.45) is 2.22. The van der Waals surface area contributed by atoms with E-state index in [1.54, 1.807) is 0 Å². The Hall–Kier alpha value is -2.65. The quantitative estimate of drug-likeness (QED) is 0.659. The van der Waals surface area contributed by atoms with Crippen molar-refractivity contribution in [2.45, 2.75) is 13.8 Å². The van der Waals surface area contributed by atoms with Crippen LogP contribution in [0.25, 0.3) is 22.4 Å². The lowest BCUT2D eigenvalue weighted by atomic mass is 10.0. The van der Waals surface area contributed by atoms with Gasteiger partial charge in [-0.25, -0.2) is 4.98 Å². The van der Waals surface area contributed by atoms with Crippen LogP contribution in [0.1, 0.15) is 25.1 Å². The summed E-state index contributed by atoms with van der Waals surface area (Å²) in [5, 5.41) is 2.51. The monoisotopic (exact) mass is 357 g/mol. The molecule has 0 aliphatic carbocycles. The molecule has 2 aromatic carbocycles. The van der Waals surface area contributed by atoms with Gasteiger partial charge < -0.3 is 9.80 Å². The van der Waals surface area contributed by atoms with Crippen LogP contribution < -0.4 is 4.90 Å². The molecule has 0 saturated carbocycles. The topological polar surface area (TPSA) is 19.4 Å². The van der Waals surface area contributed by atoms with Gasteiger partial charge in [-0.1, -0.05) is 61.5 Å². The van der Waals surface area contributed by atoms with E-state index in [-0.39, 0.29) is 0 Å². The number of nitrogens with zero attached hydrogens (tertiary/aromatic N) is 3. The molecule has 3 heteroatoms. The molecule has 1 aliphatic rings. The fourth-order valence-electron chi connectivity index (χ4n) is 3.77. The molecule has 2 heterocycles. The van der Waals surface area contributed by atoms with Crippen LogP contribution in [-0.2, 0) is 0 Å². The standard InChI is InChI=1S/C24H27N3/c1-3-26-13-15-27(16-14-26)24-22-12-8-7-11-21(22)18-23(25-24)19(2)17-20-9-5-4-6-10-20/h4-12,17-18H,3,13-16H2,1-2H3. The van der Waals surface area contributed by atoms with E-state index in [9.17, 15) is 0 Å².